The first-order chi connectivity index (χ1) is 14.4. The van der Waals surface area contributed by atoms with Gasteiger partial charge < -0.3 is 15.2 Å². The first-order valence-corrected chi connectivity index (χ1v) is 10.5. The van der Waals surface area contributed by atoms with Crippen LogP contribution in [0.5, 0.6) is 0 Å². The van der Waals surface area contributed by atoms with Crippen molar-refractivity contribution in [2.24, 2.45) is 11.8 Å². The van der Waals surface area contributed by atoms with Crippen LogP contribution in [0.4, 0.5) is 19.0 Å². The van der Waals surface area contributed by atoms with Gasteiger partial charge in [0.2, 0.25) is 0 Å². The summed E-state index contributed by atoms with van der Waals surface area (Å²) in [6, 6.07) is 12.4. The van der Waals surface area contributed by atoms with E-state index in [1.165, 1.54) is 6.07 Å². The molecule has 5 rings (SSSR count). The molecular weight excluding hydrogens is 413 g/mol. The highest BCUT2D eigenvalue weighted by molar-refractivity contribution is 6.31. The van der Waals surface area contributed by atoms with Gasteiger partial charge in [0.15, 0.2) is 0 Å². The lowest BCUT2D eigenvalue weighted by Crippen LogP contribution is -2.35. The highest BCUT2D eigenvalue weighted by Gasteiger charge is 2.43. The summed E-state index contributed by atoms with van der Waals surface area (Å²) in [6.07, 6.45) is -2.25. The Balaban J connectivity index is 1.25. The van der Waals surface area contributed by atoms with Gasteiger partial charge in [0.25, 0.3) is 0 Å². The lowest BCUT2D eigenvalue weighted by molar-refractivity contribution is -0.141. The van der Waals surface area contributed by atoms with Crippen LogP contribution in [0.2, 0.25) is 5.02 Å². The number of nitrogens with zero attached hydrogens (tertiary/aromatic N) is 2. The summed E-state index contributed by atoms with van der Waals surface area (Å²) in [5.41, 5.74) is 1.33. The molecule has 0 amide bonds. The molecule has 3 atom stereocenters. The van der Waals surface area contributed by atoms with Crippen molar-refractivity contribution >= 4 is 28.3 Å². The summed E-state index contributed by atoms with van der Waals surface area (Å²) >= 11 is 6.07. The summed E-state index contributed by atoms with van der Waals surface area (Å²) in [5, 5.41) is 5.47. The van der Waals surface area contributed by atoms with E-state index in [1.807, 2.05) is 23.1 Å². The maximum Gasteiger partial charge on any atom is 0.433 e. The fraction of sp³-hybridized carbons (Fsp3) is 0.409. The van der Waals surface area contributed by atoms with Crippen molar-refractivity contribution in [3.05, 3.63) is 58.9 Å². The molecule has 1 aliphatic carbocycles. The van der Waals surface area contributed by atoms with Crippen LogP contribution in [-0.2, 0) is 12.7 Å². The SMILES string of the molecule is FC(F)(F)c1cccc(N2C[C@H]3CC[C@H](NCc4cc5cc(Cl)ccc5[nH]4)[C@H]3C2)n1. The Morgan fingerprint density at radius 1 is 1.13 bits per heavy atom. The number of H-pyrrole nitrogens is 1. The average molecular weight is 435 g/mol. The van der Waals surface area contributed by atoms with Crippen molar-refractivity contribution in [1.29, 1.82) is 0 Å². The van der Waals surface area contributed by atoms with E-state index in [0.29, 0.717) is 28.7 Å². The molecule has 0 bridgehead atoms. The minimum atomic E-state index is -4.42. The average Bonchev–Trinajstić information content (AvgIpc) is 3.39. The number of pyridine rings is 1. The molecule has 3 heterocycles. The van der Waals surface area contributed by atoms with Crippen LogP contribution in [0.3, 0.4) is 0 Å². The number of alkyl halides is 3. The third-order valence-corrected chi connectivity index (χ3v) is 6.63. The Labute approximate surface area is 177 Å². The van der Waals surface area contributed by atoms with Crippen LogP contribution in [-0.4, -0.2) is 29.1 Å². The van der Waals surface area contributed by atoms with Crippen molar-refractivity contribution in [3.63, 3.8) is 0 Å². The van der Waals surface area contributed by atoms with Crippen molar-refractivity contribution < 1.29 is 13.2 Å². The second-order valence-corrected chi connectivity index (χ2v) is 8.74. The zero-order chi connectivity index (χ0) is 20.9. The zero-order valence-electron chi connectivity index (χ0n) is 16.2. The van der Waals surface area contributed by atoms with Crippen molar-refractivity contribution in [1.82, 2.24) is 15.3 Å². The van der Waals surface area contributed by atoms with Crippen LogP contribution in [0, 0.1) is 11.8 Å². The summed E-state index contributed by atoms with van der Waals surface area (Å²) in [4.78, 5) is 9.28. The van der Waals surface area contributed by atoms with E-state index in [2.05, 4.69) is 21.4 Å². The van der Waals surface area contributed by atoms with E-state index >= 15 is 0 Å². The third kappa shape index (κ3) is 3.76. The van der Waals surface area contributed by atoms with Gasteiger partial charge in [0.05, 0.1) is 0 Å². The molecule has 3 aromatic rings. The monoisotopic (exact) mass is 434 g/mol. The molecule has 1 aromatic carbocycles. The van der Waals surface area contributed by atoms with Gasteiger partial charge in [-0.3, -0.25) is 0 Å². The van der Waals surface area contributed by atoms with Gasteiger partial charge in [-0.25, -0.2) is 4.98 Å². The predicted octanol–water partition coefficient (Wildman–Crippen LogP) is 5.24. The molecule has 2 aromatic heterocycles. The highest BCUT2D eigenvalue weighted by Crippen LogP contribution is 2.40. The zero-order valence-corrected chi connectivity index (χ0v) is 17.0. The van der Waals surface area contributed by atoms with E-state index in [0.717, 1.165) is 55.1 Å². The summed E-state index contributed by atoms with van der Waals surface area (Å²) in [5.74, 6) is 1.33. The van der Waals surface area contributed by atoms with Gasteiger partial charge in [0, 0.05) is 47.3 Å². The molecule has 1 saturated heterocycles. The minimum absolute atomic E-state index is 0.348. The molecule has 1 saturated carbocycles. The van der Waals surface area contributed by atoms with Crippen molar-refractivity contribution in [2.75, 3.05) is 18.0 Å². The summed E-state index contributed by atoms with van der Waals surface area (Å²) in [7, 11) is 0. The Bertz CT molecular complexity index is 1060. The lowest BCUT2D eigenvalue weighted by Gasteiger charge is -2.23. The molecule has 1 aliphatic heterocycles. The Hall–Kier alpha value is -2.25. The molecule has 4 nitrogen and oxygen atoms in total. The topological polar surface area (TPSA) is 44.0 Å². The Morgan fingerprint density at radius 3 is 2.83 bits per heavy atom. The number of aromatic nitrogens is 2. The molecular formula is C22H22ClF3N4. The van der Waals surface area contributed by atoms with Crippen molar-refractivity contribution in [3.8, 4) is 0 Å². The fourth-order valence-corrected chi connectivity index (χ4v) is 5.14. The molecule has 2 aliphatic rings. The maximum absolute atomic E-state index is 13.0. The molecule has 8 heteroatoms. The van der Waals surface area contributed by atoms with Gasteiger partial charge in [0.1, 0.15) is 11.5 Å². The van der Waals surface area contributed by atoms with E-state index < -0.39 is 11.9 Å². The van der Waals surface area contributed by atoms with Crippen molar-refractivity contribution in [2.45, 2.75) is 31.6 Å². The van der Waals surface area contributed by atoms with E-state index in [4.69, 9.17) is 11.6 Å². The molecule has 0 radical (unpaired) electrons. The molecule has 158 valence electrons. The van der Waals surface area contributed by atoms with Gasteiger partial charge in [-0.2, -0.15) is 13.2 Å². The predicted molar refractivity (Wildman–Crippen MR) is 112 cm³/mol. The van der Waals surface area contributed by atoms with Gasteiger partial charge >= 0.3 is 6.18 Å². The second-order valence-electron chi connectivity index (χ2n) is 8.30. The first-order valence-electron chi connectivity index (χ1n) is 10.2. The van der Waals surface area contributed by atoms with E-state index in [9.17, 15) is 13.2 Å². The normalized spacial score (nSPS) is 24.0. The number of halogens is 4. The van der Waals surface area contributed by atoms with Crippen LogP contribution in [0.25, 0.3) is 10.9 Å². The van der Waals surface area contributed by atoms with Gasteiger partial charge in [-0.15, -0.1) is 0 Å². The maximum atomic E-state index is 13.0. The molecule has 0 spiro atoms. The number of aromatic amines is 1. The number of rotatable bonds is 4. The molecule has 2 fully saturated rings. The van der Waals surface area contributed by atoms with E-state index in [1.54, 1.807) is 6.07 Å². The third-order valence-electron chi connectivity index (χ3n) is 6.40. The number of anilines is 1. The minimum Gasteiger partial charge on any atom is -0.357 e. The first kappa shape index (κ1) is 19.7. The lowest BCUT2D eigenvalue weighted by atomic mass is 9.98. The van der Waals surface area contributed by atoms with Crippen LogP contribution in [0.1, 0.15) is 24.2 Å². The Morgan fingerprint density at radius 2 is 2.00 bits per heavy atom. The van der Waals surface area contributed by atoms with Gasteiger partial charge in [-0.05, 0) is 61.1 Å². The molecule has 30 heavy (non-hydrogen) atoms. The summed E-state index contributed by atoms with van der Waals surface area (Å²) < 4.78 is 39.0. The number of benzene rings is 1. The van der Waals surface area contributed by atoms with Crippen LogP contribution < -0.4 is 10.2 Å². The second kappa shape index (κ2) is 7.46. The summed E-state index contributed by atoms with van der Waals surface area (Å²) in [6.45, 7) is 2.23. The number of fused-ring (bicyclic) bond motifs is 2. The fourth-order valence-electron chi connectivity index (χ4n) is 4.96. The largest absolute Gasteiger partial charge is 0.433 e. The molecule has 0 unspecified atom stereocenters. The van der Waals surface area contributed by atoms with E-state index in [-0.39, 0.29) is 0 Å². The van der Waals surface area contributed by atoms with Crippen LogP contribution >= 0.6 is 11.6 Å². The number of nitrogens with one attached hydrogen (secondary N) is 2. The Kier molecular flexibility index (Phi) is 4.90. The number of hydrogen-bond acceptors (Lipinski definition) is 3. The van der Waals surface area contributed by atoms with Crippen LogP contribution in [0.15, 0.2) is 42.5 Å². The molecule has 2 N–H and O–H groups in total. The standard InChI is InChI=1S/C22H22ClF3N4/c23-15-5-7-18-14(8-15)9-16(28-18)10-27-19-6-4-13-11-30(12-17(13)19)21-3-1-2-20(29-21)22(24,25)26/h1-3,5,7-9,13,17,19,27-28H,4,6,10-12H2/t13-,17+,19+/m1/s1. The number of hydrogen-bond donors (Lipinski definition) is 2. The smallest absolute Gasteiger partial charge is 0.357 e. The highest BCUT2D eigenvalue weighted by atomic mass is 35.5. The van der Waals surface area contributed by atoms with Gasteiger partial charge in [-0.1, -0.05) is 17.7 Å². The quantitative estimate of drug-likeness (QED) is 0.590.